The molecule has 0 unspecified atom stereocenters. The van der Waals surface area contributed by atoms with E-state index in [-0.39, 0.29) is 4.90 Å². The van der Waals surface area contributed by atoms with Crippen LogP contribution in [-0.4, -0.2) is 19.7 Å². The van der Waals surface area contributed by atoms with Gasteiger partial charge < -0.3 is 4.90 Å². The highest BCUT2D eigenvalue weighted by Gasteiger charge is 2.24. The lowest BCUT2D eigenvalue weighted by atomic mass is 10.2. The van der Waals surface area contributed by atoms with Gasteiger partial charge in [0, 0.05) is 6.20 Å². The van der Waals surface area contributed by atoms with Gasteiger partial charge in [-0.05, 0) is 23.8 Å². The molecule has 0 amide bonds. The predicted octanol–water partition coefficient (Wildman–Crippen LogP) is 2.47. The number of sulfonamides is 1. The number of rotatable bonds is 2. The highest BCUT2D eigenvalue weighted by atomic mass is 35.5. The molecule has 20 heavy (non-hydrogen) atoms. The van der Waals surface area contributed by atoms with Gasteiger partial charge in [-0.15, -0.1) is 4.40 Å². The lowest BCUT2D eigenvalue weighted by Crippen LogP contribution is -2.26. The summed E-state index contributed by atoms with van der Waals surface area (Å²) in [5.41, 5.74) is 1.52. The molecule has 0 radical (unpaired) electrons. The minimum Gasteiger partial charge on any atom is -0.326 e. The molecule has 0 bridgehead atoms. The van der Waals surface area contributed by atoms with Crippen LogP contribution in [0.25, 0.3) is 0 Å². The van der Waals surface area contributed by atoms with Gasteiger partial charge in [0.1, 0.15) is 16.4 Å². The van der Waals surface area contributed by atoms with E-state index >= 15 is 0 Å². The number of benzene rings is 1. The third kappa shape index (κ3) is 2.39. The number of nitrogens with zero attached hydrogens (tertiary/aromatic N) is 3. The average molecular weight is 308 g/mol. The van der Waals surface area contributed by atoms with Crippen molar-refractivity contribution in [3.8, 4) is 0 Å². The predicted molar refractivity (Wildman–Crippen MR) is 77.5 cm³/mol. The van der Waals surface area contributed by atoms with Gasteiger partial charge >= 0.3 is 0 Å². The van der Waals surface area contributed by atoms with Crippen LogP contribution >= 0.6 is 11.6 Å². The maximum absolute atomic E-state index is 11.9. The molecule has 7 heteroatoms. The van der Waals surface area contributed by atoms with E-state index in [1.807, 2.05) is 6.07 Å². The second-order valence-corrected chi connectivity index (χ2v) is 6.27. The largest absolute Gasteiger partial charge is 0.326 e. The zero-order valence-electron chi connectivity index (χ0n) is 10.3. The number of para-hydroxylation sites is 1. The number of halogens is 1. The Morgan fingerprint density at radius 3 is 2.70 bits per heavy atom. The molecule has 0 saturated carbocycles. The van der Waals surface area contributed by atoms with E-state index in [0.29, 0.717) is 17.4 Å². The molecule has 0 aliphatic carbocycles. The van der Waals surface area contributed by atoms with Crippen LogP contribution in [0.1, 0.15) is 5.56 Å². The van der Waals surface area contributed by atoms with Gasteiger partial charge in [0.15, 0.2) is 0 Å². The van der Waals surface area contributed by atoms with Gasteiger partial charge in [0.25, 0.3) is 10.0 Å². The SMILES string of the molecule is O=S1(=O)N=CN(Cc2ccc(Cl)nc2)c2ccccc21. The van der Waals surface area contributed by atoms with Gasteiger partial charge in [0.2, 0.25) is 0 Å². The van der Waals surface area contributed by atoms with Crippen LogP contribution in [0, 0.1) is 0 Å². The Bertz CT molecular complexity index is 772. The van der Waals surface area contributed by atoms with Crippen LogP contribution in [0.4, 0.5) is 5.69 Å². The molecule has 2 heterocycles. The molecule has 0 atom stereocenters. The second kappa shape index (κ2) is 4.88. The van der Waals surface area contributed by atoms with Gasteiger partial charge in [0.05, 0.1) is 12.2 Å². The summed E-state index contributed by atoms with van der Waals surface area (Å²) in [5, 5.41) is 0.420. The molecular weight excluding hydrogens is 298 g/mol. The van der Waals surface area contributed by atoms with E-state index in [1.54, 1.807) is 41.4 Å². The molecule has 3 rings (SSSR count). The fraction of sp³-hybridized carbons (Fsp3) is 0.0769. The Labute approximate surface area is 121 Å². The maximum atomic E-state index is 11.9. The molecule has 0 N–H and O–H groups in total. The fourth-order valence-electron chi connectivity index (χ4n) is 1.97. The highest BCUT2D eigenvalue weighted by molar-refractivity contribution is 7.90. The second-order valence-electron chi connectivity index (χ2n) is 4.28. The van der Waals surface area contributed by atoms with Gasteiger partial charge in [-0.2, -0.15) is 8.42 Å². The van der Waals surface area contributed by atoms with Crippen LogP contribution < -0.4 is 4.90 Å². The van der Waals surface area contributed by atoms with E-state index in [1.165, 1.54) is 6.34 Å². The molecule has 0 fully saturated rings. The van der Waals surface area contributed by atoms with Crippen LogP contribution in [0.3, 0.4) is 0 Å². The van der Waals surface area contributed by atoms with E-state index in [2.05, 4.69) is 9.38 Å². The summed E-state index contributed by atoms with van der Waals surface area (Å²) < 4.78 is 27.3. The Hall–Kier alpha value is -1.92. The summed E-state index contributed by atoms with van der Waals surface area (Å²) in [5.74, 6) is 0. The first-order valence-electron chi connectivity index (χ1n) is 5.83. The molecular formula is C13H10ClN3O2S. The Kier molecular flexibility index (Phi) is 3.19. The number of hydrogen-bond acceptors (Lipinski definition) is 4. The smallest absolute Gasteiger partial charge is 0.285 e. The third-order valence-corrected chi connectivity index (χ3v) is 4.42. The molecule has 1 aromatic carbocycles. The maximum Gasteiger partial charge on any atom is 0.285 e. The first-order valence-corrected chi connectivity index (χ1v) is 7.65. The van der Waals surface area contributed by atoms with E-state index in [9.17, 15) is 8.42 Å². The lowest BCUT2D eigenvalue weighted by molar-refractivity contribution is 0.597. The minimum absolute atomic E-state index is 0.212. The first kappa shape index (κ1) is 13.1. The number of anilines is 1. The standard InChI is InChI=1S/C13H10ClN3O2S/c14-13-6-5-10(7-15-13)8-17-9-16-20(18,19)12-4-2-1-3-11(12)17/h1-7,9H,8H2. The van der Waals surface area contributed by atoms with Crippen molar-refractivity contribution < 1.29 is 8.42 Å². The Balaban J connectivity index is 1.98. The van der Waals surface area contributed by atoms with E-state index in [0.717, 1.165) is 5.56 Å². The summed E-state index contributed by atoms with van der Waals surface area (Å²) in [6, 6.07) is 10.3. The van der Waals surface area contributed by atoms with E-state index in [4.69, 9.17) is 11.6 Å². The van der Waals surface area contributed by atoms with Crippen molar-refractivity contribution in [2.45, 2.75) is 11.4 Å². The van der Waals surface area contributed by atoms with Crippen LogP contribution in [0.5, 0.6) is 0 Å². The minimum atomic E-state index is -3.58. The van der Waals surface area contributed by atoms with Gasteiger partial charge in [-0.1, -0.05) is 29.8 Å². The first-order chi connectivity index (χ1) is 9.56. The highest BCUT2D eigenvalue weighted by Crippen LogP contribution is 2.30. The zero-order valence-corrected chi connectivity index (χ0v) is 11.8. The molecule has 1 aliphatic heterocycles. The topological polar surface area (TPSA) is 62.6 Å². The normalized spacial score (nSPS) is 15.9. The summed E-state index contributed by atoms with van der Waals surface area (Å²) in [6.07, 6.45) is 2.98. The molecule has 1 aliphatic rings. The third-order valence-electron chi connectivity index (χ3n) is 2.92. The molecule has 102 valence electrons. The van der Waals surface area contributed by atoms with Crippen molar-refractivity contribution in [3.05, 3.63) is 53.3 Å². The Morgan fingerprint density at radius 2 is 1.95 bits per heavy atom. The number of fused-ring (bicyclic) bond motifs is 1. The summed E-state index contributed by atoms with van der Waals surface area (Å²) in [4.78, 5) is 5.98. The number of aromatic nitrogens is 1. The van der Waals surface area contributed by atoms with Crippen molar-refractivity contribution in [1.82, 2.24) is 4.98 Å². The van der Waals surface area contributed by atoms with Crippen molar-refractivity contribution in [1.29, 1.82) is 0 Å². The quantitative estimate of drug-likeness (QED) is 0.800. The van der Waals surface area contributed by atoms with Crippen molar-refractivity contribution >= 4 is 33.7 Å². The lowest BCUT2D eigenvalue weighted by Gasteiger charge is -2.24. The van der Waals surface area contributed by atoms with Gasteiger partial charge in [-0.25, -0.2) is 4.98 Å². The van der Waals surface area contributed by atoms with Crippen LogP contribution in [0.2, 0.25) is 5.15 Å². The molecule has 5 nitrogen and oxygen atoms in total. The molecule has 0 spiro atoms. The zero-order chi connectivity index (χ0) is 14.2. The number of hydrogen-bond donors (Lipinski definition) is 0. The fourth-order valence-corrected chi connectivity index (χ4v) is 3.14. The Morgan fingerprint density at radius 1 is 1.15 bits per heavy atom. The van der Waals surface area contributed by atoms with Gasteiger partial charge in [-0.3, -0.25) is 0 Å². The van der Waals surface area contributed by atoms with E-state index < -0.39 is 10.0 Å². The molecule has 0 saturated heterocycles. The van der Waals surface area contributed by atoms with Crippen molar-refractivity contribution in [3.63, 3.8) is 0 Å². The van der Waals surface area contributed by atoms with Crippen molar-refractivity contribution in [2.24, 2.45) is 4.40 Å². The average Bonchev–Trinajstić information content (AvgIpc) is 2.45. The monoisotopic (exact) mass is 307 g/mol. The number of pyridine rings is 1. The summed E-state index contributed by atoms with van der Waals surface area (Å²) >= 11 is 5.74. The summed E-state index contributed by atoms with van der Waals surface area (Å²) in [6.45, 7) is 0.472. The van der Waals surface area contributed by atoms with Crippen LogP contribution in [0.15, 0.2) is 51.9 Å². The van der Waals surface area contributed by atoms with Crippen molar-refractivity contribution in [2.75, 3.05) is 4.90 Å². The summed E-state index contributed by atoms with van der Waals surface area (Å²) in [7, 11) is -3.58. The van der Waals surface area contributed by atoms with Crippen LogP contribution in [-0.2, 0) is 16.6 Å². The molecule has 2 aromatic rings. The molecule has 1 aromatic heterocycles.